The molecule has 0 fully saturated rings. The van der Waals surface area contributed by atoms with Crippen LogP contribution in [0.5, 0.6) is 0 Å². The highest BCUT2D eigenvalue weighted by Gasteiger charge is 2.38. The number of allylic oxidation sites excluding steroid dienone is 4. The Hall–Kier alpha value is -6.38. The van der Waals surface area contributed by atoms with E-state index in [4.69, 9.17) is 0 Å². The quantitative estimate of drug-likeness (QED) is 0.170. The molecular weight excluding hydrogens is 701 g/mol. The number of aryl methyl sites for hydroxylation is 2. The van der Waals surface area contributed by atoms with E-state index in [1.54, 1.807) is 0 Å². The van der Waals surface area contributed by atoms with Crippen molar-refractivity contribution in [2.75, 3.05) is 0 Å². The standard InChI is InChI=1S/C56H46N2/c1-33-15-21-37(22-16-33)57-51-25-19-35(27-43(51)45-29-41-39-11-7-9-13-47(39)55(3,4)49(41)31-53(45)57)36-20-26-52-44(28-36)46-30-42-40-12-8-10-14-48(40)56(5,6)50(42)32-54(46)58(52)38-23-17-34(2)18-24-38/h7,9-11,13-32H,8,12H2,1-6H3. The lowest BCUT2D eigenvalue weighted by molar-refractivity contribution is 0.652. The van der Waals surface area contributed by atoms with Gasteiger partial charge >= 0.3 is 0 Å². The van der Waals surface area contributed by atoms with Gasteiger partial charge in [0.05, 0.1) is 22.1 Å². The molecule has 2 nitrogen and oxygen atoms in total. The van der Waals surface area contributed by atoms with Gasteiger partial charge in [-0.05, 0) is 155 Å². The molecule has 58 heavy (non-hydrogen) atoms. The molecule has 3 aliphatic carbocycles. The van der Waals surface area contributed by atoms with Crippen LogP contribution in [0.1, 0.15) is 73.9 Å². The first kappa shape index (κ1) is 33.7. The molecule has 2 aromatic heterocycles. The van der Waals surface area contributed by atoms with Crippen LogP contribution >= 0.6 is 0 Å². The highest BCUT2D eigenvalue weighted by molar-refractivity contribution is 6.15. The largest absolute Gasteiger partial charge is 0.309 e. The lowest BCUT2D eigenvalue weighted by Gasteiger charge is -2.24. The molecule has 7 aromatic carbocycles. The molecule has 9 aromatic rings. The summed E-state index contributed by atoms with van der Waals surface area (Å²) < 4.78 is 4.98. The smallest absolute Gasteiger partial charge is 0.0544 e. The van der Waals surface area contributed by atoms with Crippen molar-refractivity contribution in [2.24, 2.45) is 0 Å². The molecular formula is C56H46N2. The fraction of sp³-hybridized carbons (Fsp3) is 0.179. The second-order valence-electron chi connectivity index (χ2n) is 18.3. The summed E-state index contributed by atoms with van der Waals surface area (Å²) in [7, 11) is 0. The van der Waals surface area contributed by atoms with Crippen LogP contribution in [0.4, 0.5) is 0 Å². The Labute approximate surface area is 340 Å². The average molecular weight is 747 g/mol. The van der Waals surface area contributed by atoms with E-state index in [1.165, 1.54) is 122 Å². The summed E-state index contributed by atoms with van der Waals surface area (Å²) in [5.74, 6) is 0. The van der Waals surface area contributed by atoms with Crippen LogP contribution in [-0.4, -0.2) is 9.13 Å². The minimum Gasteiger partial charge on any atom is -0.309 e. The van der Waals surface area contributed by atoms with Crippen molar-refractivity contribution in [3.05, 3.63) is 185 Å². The summed E-state index contributed by atoms with van der Waals surface area (Å²) in [6.45, 7) is 13.9. The molecule has 2 heteroatoms. The zero-order valence-corrected chi connectivity index (χ0v) is 34.2. The molecule has 0 aliphatic heterocycles. The topological polar surface area (TPSA) is 9.86 Å². The number of fused-ring (bicyclic) bond motifs is 11. The highest BCUT2D eigenvalue weighted by atomic mass is 15.0. The van der Waals surface area contributed by atoms with Crippen molar-refractivity contribution < 1.29 is 0 Å². The van der Waals surface area contributed by atoms with E-state index in [9.17, 15) is 0 Å². The maximum absolute atomic E-state index is 2.53. The van der Waals surface area contributed by atoms with Crippen molar-refractivity contribution in [3.8, 4) is 33.6 Å². The number of hydrogen-bond donors (Lipinski definition) is 0. The lowest BCUT2D eigenvalue weighted by atomic mass is 9.80. The van der Waals surface area contributed by atoms with Crippen LogP contribution in [-0.2, 0) is 10.8 Å². The summed E-state index contributed by atoms with van der Waals surface area (Å²) in [6.07, 6.45) is 6.98. The second kappa shape index (κ2) is 11.6. The zero-order chi connectivity index (χ0) is 39.2. The summed E-state index contributed by atoms with van der Waals surface area (Å²) in [6, 6.07) is 51.3. The molecule has 2 heterocycles. The molecule has 280 valence electrons. The number of aromatic nitrogens is 2. The zero-order valence-electron chi connectivity index (χ0n) is 34.2. The number of nitrogens with zero attached hydrogens (tertiary/aromatic N) is 2. The Balaban J connectivity index is 1.11. The van der Waals surface area contributed by atoms with Gasteiger partial charge in [0.25, 0.3) is 0 Å². The van der Waals surface area contributed by atoms with E-state index in [0.29, 0.717) is 0 Å². The average Bonchev–Trinajstić information content (AvgIpc) is 3.88. The Bertz CT molecular complexity index is 3320. The van der Waals surface area contributed by atoms with Gasteiger partial charge in [0.1, 0.15) is 0 Å². The van der Waals surface area contributed by atoms with Gasteiger partial charge in [-0.3, -0.25) is 0 Å². The Morgan fingerprint density at radius 1 is 0.448 bits per heavy atom. The monoisotopic (exact) mass is 746 g/mol. The first-order chi connectivity index (χ1) is 28.1. The summed E-state index contributed by atoms with van der Waals surface area (Å²) in [5.41, 5.74) is 23.7. The summed E-state index contributed by atoms with van der Waals surface area (Å²) >= 11 is 0. The number of hydrogen-bond acceptors (Lipinski definition) is 0. The molecule has 0 unspecified atom stereocenters. The third-order valence-electron chi connectivity index (χ3n) is 14.1. The van der Waals surface area contributed by atoms with Crippen LogP contribution in [0.2, 0.25) is 0 Å². The summed E-state index contributed by atoms with van der Waals surface area (Å²) in [5, 5.41) is 5.20. The Morgan fingerprint density at radius 3 is 1.55 bits per heavy atom. The van der Waals surface area contributed by atoms with E-state index in [-0.39, 0.29) is 10.8 Å². The van der Waals surface area contributed by atoms with Gasteiger partial charge < -0.3 is 9.13 Å². The van der Waals surface area contributed by atoms with E-state index >= 15 is 0 Å². The molecule has 0 atom stereocenters. The maximum atomic E-state index is 2.53. The van der Waals surface area contributed by atoms with Gasteiger partial charge in [-0.25, -0.2) is 0 Å². The van der Waals surface area contributed by atoms with Crippen molar-refractivity contribution >= 4 is 49.2 Å². The number of benzene rings is 7. The van der Waals surface area contributed by atoms with Gasteiger partial charge in [-0.2, -0.15) is 0 Å². The van der Waals surface area contributed by atoms with Crippen LogP contribution in [0.3, 0.4) is 0 Å². The van der Waals surface area contributed by atoms with E-state index in [0.717, 1.165) is 12.8 Å². The van der Waals surface area contributed by atoms with Gasteiger partial charge in [0.15, 0.2) is 0 Å². The van der Waals surface area contributed by atoms with Crippen molar-refractivity contribution in [1.29, 1.82) is 0 Å². The van der Waals surface area contributed by atoms with Crippen LogP contribution in [0.15, 0.2) is 151 Å². The first-order valence-corrected chi connectivity index (χ1v) is 21.0. The molecule has 0 saturated heterocycles. The minimum absolute atomic E-state index is 0.0272. The fourth-order valence-corrected chi connectivity index (χ4v) is 11.0. The maximum Gasteiger partial charge on any atom is 0.0544 e. The Morgan fingerprint density at radius 2 is 0.966 bits per heavy atom. The van der Waals surface area contributed by atoms with Crippen molar-refractivity contribution in [2.45, 2.75) is 65.2 Å². The fourth-order valence-electron chi connectivity index (χ4n) is 11.0. The van der Waals surface area contributed by atoms with Crippen LogP contribution in [0.25, 0.3) is 82.8 Å². The van der Waals surface area contributed by atoms with Crippen LogP contribution in [0, 0.1) is 13.8 Å². The summed E-state index contributed by atoms with van der Waals surface area (Å²) in [4.78, 5) is 0. The predicted molar refractivity (Wildman–Crippen MR) is 246 cm³/mol. The molecule has 0 spiro atoms. The second-order valence-corrected chi connectivity index (χ2v) is 18.3. The molecule has 0 bridgehead atoms. The van der Waals surface area contributed by atoms with Gasteiger partial charge in [-0.1, -0.05) is 112 Å². The predicted octanol–water partition coefficient (Wildman–Crippen LogP) is 14.9. The van der Waals surface area contributed by atoms with Gasteiger partial charge in [0.2, 0.25) is 0 Å². The SMILES string of the molecule is Cc1ccc(-n2c3ccc(-c4ccc5c(c4)c4cc6c(cc4n5-c4ccc(C)cc4)C(C)(C)c4ccccc4-6)cc3c3cc4c(cc32)C(C)(C)C2=C4CCC=C2)cc1. The van der Waals surface area contributed by atoms with Crippen molar-refractivity contribution in [3.63, 3.8) is 0 Å². The molecule has 12 rings (SSSR count). The van der Waals surface area contributed by atoms with Gasteiger partial charge in [-0.15, -0.1) is 0 Å². The molecule has 0 amide bonds. The third kappa shape index (κ3) is 4.49. The van der Waals surface area contributed by atoms with Crippen LogP contribution < -0.4 is 0 Å². The van der Waals surface area contributed by atoms with E-state index in [2.05, 4.69) is 196 Å². The minimum atomic E-state index is -0.0747. The third-order valence-corrected chi connectivity index (χ3v) is 14.1. The Kier molecular flexibility index (Phi) is 6.75. The van der Waals surface area contributed by atoms with E-state index < -0.39 is 0 Å². The normalized spacial score (nSPS) is 16.1. The molecule has 3 aliphatic rings. The van der Waals surface area contributed by atoms with Crippen molar-refractivity contribution in [1.82, 2.24) is 9.13 Å². The highest BCUT2D eigenvalue weighted by Crippen LogP contribution is 2.53. The van der Waals surface area contributed by atoms with Gasteiger partial charge in [0, 0.05) is 43.7 Å². The number of rotatable bonds is 3. The first-order valence-electron chi connectivity index (χ1n) is 21.0. The lowest BCUT2D eigenvalue weighted by Crippen LogP contribution is -2.16. The molecule has 0 saturated carbocycles. The van der Waals surface area contributed by atoms with E-state index in [1.807, 2.05) is 0 Å². The molecule has 0 radical (unpaired) electrons. The molecule has 0 N–H and O–H groups in total.